The molecule has 0 atom stereocenters. The molecule has 0 bridgehead atoms. The van der Waals surface area contributed by atoms with Gasteiger partial charge in [0.25, 0.3) is 0 Å². The van der Waals surface area contributed by atoms with Crippen molar-refractivity contribution in [2.75, 3.05) is 7.11 Å². The first-order chi connectivity index (χ1) is 5.15. The van der Waals surface area contributed by atoms with E-state index in [1.165, 1.54) is 7.11 Å². The van der Waals surface area contributed by atoms with Crippen molar-refractivity contribution in [2.45, 2.75) is 0 Å². The standard InChI is InChI=1S/C7H7NO3/c1-11-7-3-6(10)5(9)2-4(7)8/h2-3H,8H2,1H3. The Kier molecular flexibility index (Phi) is 1.76. The fourth-order valence-electron chi connectivity index (χ4n) is 0.734. The van der Waals surface area contributed by atoms with Gasteiger partial charge in [-0.15, -0.1) is 0 Å². The molecule has 0 spiro atoms. The summed E-state index contributed by atoms with van der Waals surface area (Å²) in [6, 6.07) is 0. The lowest BCUT2D eigenvalue weighted by Gasteiger charge is -2.08. The third-order valence-corrected chi connectivity index (χ3v) is 1.30. The summed E-state index contributed by atoms with van der Waals surface area (Å²) in [6.45, 7) is 0. The van der Waals surface area contributed by atoms with Crippen LogP contribution < -0.4 is 5.73 Å². The van der Waals surface area contributed by atoms with Gasteiger partial charge in [-0.2, -0.15) is 0 Å². The van der Waals surface area contributed by atoms with Crippen LogP contribution in [0.15, 0.2) is 23.6 Å². The minimum Gasteiger partial charge on any atom is -0.494 e. The van der Waals surface area contributed by atoms with Crippen LogP contribution in [0.5, 0.6) is 0 Å². The molecule has 4 nitrogen and oxygen atoms in total. The van der Waals surface area contributed by atoms with Gasteiger partial charge >= 0.3 is 0 Å². The topological polar surface area (TPSA) is 69.4 Å². The summed E-state index contributed by atoms with van der Waals surface area (Å²) in [6.07, 6.45) is 2.14. The van der Waals surface area contributed by atoms with E-state index in [4.69, 9.17) is 10.5 Å². The van der Waals surface area contributed by atoms with Gasteiger partial charge in [0.1, 0.15) is 5.76 Å². The number of allylic oxidation sites excluding steroid dienone is 2. The Labute approximate surface area is 63.3 Å². The van der Waals surface area contributed by atoms with E-state index in [0.29, 0.717) is 0 Å². The van der Waals surface area contributed by atoms with Crippen molar-refractivity contribution < 1.29 is 14.3 Å². The van der Waals surface area contributed by atoms with Crippen LogP contribution >= 0.6 is 0 Å². The predicted octanol–water partition coefficient (Wildman–Crippen LogP) is -0.489. The number of nitrogens with two attached hydrogens (primary N) is 1. The smallest absolute Gasteiger partial charge is 0.229 e. The van der Waals surface area contributed by atoms with Crippen LogP contribution in [0.4, 0.5) is 0 Å². The Hall–Kier alpha value is -1.58. The number of carbonyl (C=O) groups is 2. The molecule has 0 amide bonds. The number of carbonyl (C=O) groups excluding carboxylic acids is 2. The molecule has 0 fully saturated rings. The minimum absolute atomic E-state index is 0.192. The number of hydrogen-bond acceptors (Lipinski definition) is 4. The van der Waals surface area contributed by atoms with E-state index in [0.717, 1.165) is 12.2 Å². The molecule has 0 aromatic rings. The summed E-state index contributed by atoms with van der Waals surface area (Å²) in [5, 5.41) is 0. The van der Waals surface area contributed by atoms with Crippen molar-refractivity contribution >= 4 is 11.6 Å². The molecule has 0 aromatic carbocycles. The molecule has 0 unspecified atom stereocenters. The Balaban J connectivity index is 3.00. The molecule has 0 aliphatic heterocycles. The number of ether oxygens (including phenoxy) is 1. The number of ketones is 2. The normalized spacial score (nSPS) is 17.5. The van der Waals surface area contributed by atoms with Gasteiger partial charge in [-0.25, -0.2) is 0 Å². The Morgan fingerprint density at radius 2 is 1.82 bits per heavy atom. The van der Waals surface area contributed by atoms with Gasteiger partial charge < -0.3 is 10.5 Å². The molecule has 0 radical (unpaired) electrons. The van der Waals surface area contributed by atoms with Gasteiger partial charge in [0.05, 0.1) is 12.8 Å². The summed E-state index contributed by atoms with van der Waals surface area (Å²) < 4.78 is 4.72. The summed E-state index contributed by atoms with van der Waals surface area (Å²) in [7, 11) is 1.38. The molecule has 11 heavy (non-hydrogen) atoms. The maximum atomic E-state index is 10.7. The van der Waals surface area contributed by atoms with Gasteiger partial charge in [0.15, 0.2) is 0 Å². The lowest BCUT2D eigenvalue weighted by molar-refractivity contribution is -0.131. The second kappa shape index (κ2) is 2.57. The Morgan fingerprint density at radius 1 is 1.27 bits per heavy atom. The summed E-state index contributed by atoms with van der Waals surface area (Å²) >= 11 is 0. The van der Waals surface area contributed by atoms with Crippen molar-refractivity contribution in [1.82, 2.24) is 0 Å². The lowest BCUT2D eigenvalue weighted by Crippen LogP contribution is -2.19. The van der Waals surface area contributed by atoms with Crippen molar-refractivity contribution in [2.24, 2.45) is 5.73 Å². The SMILES string of the molecule is COC1=CC(=O)C(=O)C=C1N. The van der Waals surface area contributed by atoms with Gasteiger partial charge in [0.2, 0.25) is 11.6 Å². The third kappa shape index (κ3) is 1.29. The monoisotopic (exact) mass is 153 g/mol. The highest BCUT2D eigenvalue weighted by atomic mass is 16.5. The maximum Gasteiger partial charge on any atom is 0.229 e. The summed E-state index contributed by atoms with van der Waals surface area (Å²) in [5.74, 6) is -0.964. The van der Waals surface area contributed by atoms with Crippen molar-refractivity contribution in [3.63, 3.8) is 0 Å². The largest absolute Gasteiger partial charge is 0.494 e. The molecule has 2 N–H and O–H groups in total. The van der Waals surface area contributed by atoms with Gasteiger partial charge in [-0.1, -0.05) is 0 Å². The molecular formula is C7H7NO3. The molecule has 0 aromatic heterocycles. The molecule has 1 aliphatic rings. The Bertz CT molecular complexity index is 275. The highest BCUT2D eigenvalue weighted by Crippen LogP contribution is 2.09. The highest BCUT2D eigenvalue weighted by Gasteiger charge is 2.18. The number of methoxy groups -OCH3 is 1. The highest BCUT2D eigenvalue weighted by molar-refractivity contribution is 6.46. The van der Waals surface area contributed by atoms with E-state index in [2.05, 4.69) is 0 Å². The van der Waals surface area contributed by atoms with Crippen LogP contribution in [-0.4, -0.2) is 18.7 Å². The molecule has 0 saturated carbocycles. The molecule has 4 heteroatoms. The second-order valence-corrected chi connectivity index (χ2v) is 2.04. The molecule has 58 valence electrons. The quantitative estimate of drug-likeness (QED) is 0.407. The summed E-state index contributed by atoms with van der Waals surface area (Å²) in [4.78, 5) is 21.4. The predicted molar refractivity (Wildman–Crippen MR) is 37.4 cm³/mol. The minimum atomic E-state index is -0.608. The van der Waals surface area contributed by atoms with E-state index in [-0.39, 0.29) is 11.5 Å². The Morgan fingerprint density at radius 3 is 2.36 bits per heavy atom. The van der Waals surface area contributed by atoms with Crippen LogP contribution in [-0.2, 0) is 14.3 Å². The van der Waals surface area contributed by atoms with Crippen LogP contribution in [0.3, 0.4) is 0 Å². The first kappa shape index (κ1) is 7.53. The van der Waals surface area contributed by atoms with Crippen LogP contribution in [0.1, 0.15) is 0 Å². The van der Waals surface area contributed by atoms with Gasteiger partial charge in [-0.3, -0.25) is 9.59 Å². The molecular weight excluding hydrogens is 146 g/mol. The van der Waals surface area contributed by atoms with E-state index in [1.807, 2.05) is 0 Å². The zero-order valence-electron chi connectivity index (χ0n) is 5.96. The fourth-order valence-corrected chi connectivity index (χ4v) is 0.734. The molecule has 0 heterocycles. The van der Waals surface area contributed by atoms with Crippen molar-refractivity contribution in [1.29, 1.82) is 0 Å². The first-order valence-corrected chi connectivity index (χ1v) is 2.96. The van der Waals surface area contributed by atoms with E-state index in [9.17, 15) is 9.59 Å². The maximum absolute atomic E-state index is 10.7. The first-order valence-electron chi connectivity index (χ1n) is 2.96. The zero-order chi connectivity index (χ0) is 8.43. The molecule has 1 aliphatic carbocycles. The lowest BCUT2D eigenvalue weighted by atomic mass is 10.1. The third-order valence-electron chi connectivity index (χ3n) is 1.30. The van der Waals surface area contributed by atoms with Gasteiger partial charge in [-0.05, 0) is 0 Å². The van der Waals surface area contributed by atoms with Crippen molar-refractivity contribution in [3.05, 3.63) is 23.6 Å². The fraction of sp³-hybridized carbons (Fsp3) is 0.143. The van der Waals surface area contributed by atoms with E-state index in [1.54, 1.807) is 0 Å². The average Bonchev–Trinajstić information content (AvgIpc) is 1.97. The van der Waals surface area contributed by atoms with Crippen LogP contribution in [0.25, 0.3) is 0 Å². The zero-order valence-corrected chi connectivity index (χ0v) is 5.96. The number of hydrogen-bond donors (Lipinski definition) is 1. The molecule has 0 saturated heterocycles. The van der Waals surface area contributed by atoms with Crippen molar-refractivity contribution in [3.8, 4) is 0 Å². The van der Waals surface area contributed by atoms with Gasteiger partial charge in [0, 0.05) is 12.2 Å². The van der Waals surface area contributed by atoms with Crippen LogP contribution in [0, 0.1) is 0 Å². The average molecular weight is 153 g/mol. The van der Waals surface area contributed by atoms with Crippen LogP contribution in [0.2, 0.25) is 0 Å². The number of rotatable bonds is 1. The van der Waals surface area contributed by atoms with E-state index < -0.39 is 11.6 Å². The second-order valence-electron chi connectivity index (χ2n) is 2.04. The molecule has 1 rings (SSSR count). The summed E-state index contributed by atoms with van der Waals surface area (Å²) in [5.41, 5.74) is 5.53. The van der Waals surface area contributed by atoms with E-state index >= 15 is 0 Å².